The first-order chi connectivity index (χ1) is 13.2. The number of hydrogen-bond donors (Lipinski definition) is 0. The third-order valence-electron chi connectivity index (χ3n) is 4.73. The van der Waals surface area contributed by atoms with Gasteiger partial charge in [-0.1, -0.05) is 0 Å². The number of rotatable bonds is 7. The Hall–Kier alpha value is -2.38. The lowest BCUT2D eigenvalue weighted by atomic mass is 9.91. The molecule has 0 bridgehead atoms. The third kappa shape index (κ3) is 5.08. The fourth-order valence-corrected chi connectivity index (χ4v) is 3.36. The van der Waals surface area contributed by atoms with E-state index < -0.39 is 0 Å². The Bertz CT molecular complexity index is 754. The van der Waals surface area contributed by atoms with Gasteiger partial charge in [0.15, 0.2) is 0 Å². The Morgan fingerprint density at radius 3 is 2.89 bits per heavy atom. The van der Waals surface area contributed by atoms with Gasteiger partial charge < -0.3 is 14.4 Å². The van der Waals surface area contributed by atoms with Crippen molar-refractivity contribution >= 4 is 5.91 Å². The van der Waals surface area contributed by atoms with Crippen LogP contribution in [0.3, 0.4) is 0 Å². The minimum absolute atomic E-state index is 0.0470. The lowest BCUT2D eigenvalue weighted by molar-refractivity contribution is 0.0602. The number of carbonyl (C=O) groups is 1. The Kier molecular flexibility index (Phi) is 6.84. The molecule has 7 nitrogen and oxygen atoms in total. The molecule has 7 heteroatoms. The summed E-state index contributed by atoms with van der Waals surface area (Å²) in [5.74, 6) is 0.973. The number of amides is 1. The van der Waals surface area contributed by atoms with Crippen LogP contribution >= 0.6 is 0 Å². The number of piperidine rings is 1. The summed E-state index contributed by atoms with van der Waals surface area (Å²) in [7, 11) is 1.65. The van der Waals surface area contributed by atoms with Crippen molar-refractivity contribution in [2.75, 3.05) is 33.4 Å². The summed E-state index contributed by atoms with van der Waals surface area (Å²) in [5.41, 5.74) is 2.65. The van der Waals surface area contributed by atoms with Crippen molar-refractivity contribution < 1.29 is 14.3 Å². The second-order valence-corrected chi connectivity index (χ2v) is 6.70. The third-order valence-corrected chi connectivity index (χ3v) is 4.73. The monoisotopic (exact) mass is 370 g/mol. The maximum Gasteiger partial charge on any atom is 0.253 e. The SMILES string of the molecule is COCCOCc1cnc(C)nc1C1CCCN(C(=O)c2ccncc2)C1. The quantitative estimate of drug-likeness (QED) is 0.697. The summed E-state index contributed by atoms with van der Waals surface area (Å²) >= 11 is 0. The van der Waals surface area contributed by atoms with Crippen molar-refractivity contribution in [1.29, 1.82) is 0 Å². The van der Waals surface area contributed by atoms with Crippen molar-refractivity contribution in [3.63, 3.8) is 0 Å². The predicted molar refractivity (Wildman–Crippen MR) is 100 cm³/mol. The average molecular weight is 370 g/mol. The number of hydrogen-bond acceptors (Lipinski definition) is 6. The standard InChI is InChI=1S/C20H26N4O3/c1-15-22-12-18(14-27-11-10-26-2)19(23-15)17-4-3-9-24(13-17)20(25)16-5-7-21-8-6-16/h5-8,12,17H,3-4,9-11,13-14H2,1-2H3. The molecule has 2 aromatic rings. The second kappa shape index (κ2) is 9.53. The van der Waals surface area contributed by atoms with Crippen LogP contribution < -0.4 is 0 Å². The molecule has 1 unspecified atom stereocenters. The van der Waals surface area contributed by atoms with E-state index >= 15 is 0 Å². The number of nitrogens with zero attached hydrogens (tertiary/aromatic N) is 4. The van der Waals surface area contributed by atoms with Gasteiger partial charge in [0.1, 0.15) is 5.82 Å². The normalized spacial score (nSPS) is 17.1. The number of aromatic nitrogens is 3. The van der Waals surface area contributed by atoms with Crippen LogP contribution in [0.2, 0.25) is 0 Å². The molecule has 1 aliphatic heterocycles. The molecular weight excluding hydrogens is 344 g/mol. The average Bonchev–Trinajstić information content (AvgIpc) is 2.72. The van der Waals surface area contributed by atoms with E-state index in [4.69, 9.17) is 14.5 Å². The van der Waals surface area contributed by atoms with Crippen LogP contribution in [-0.4, -0.2) is 59.2 Å². The zero-order valence-corrected chi connectivity index (χ0v) is 15.9. The van der Waals surface area contributed by atoms with Crippen molar-refractivity contribution in [2.45, 2.75) is 32.3 Å². The summed E-state index contributed by atoms with van der Waals surface area (Å²) in [5, 5.41) is 0. The minimum Gasteiger partial charge on any atom is -0.382 e. The molecule has 3 heterocycles. The lowest BCUT2D eigenvalue weighted by Crippen LogP contribution is -2.39. The molecule has 144 valence electrons. The number of ether oxygens (including phenoxy) is 2. The van der Waals surface area contributed by atoms with Crippen LogP contribution in [0, 0.1) is 6.92 Å². The molecule has 1 aliphatic rings. The lowest BCUT2D eigenvalue weighted by Gasteiger charge is -2.33. The summed E-state index contributed by atoms with van der Waals surface area (Å²) in [6.45, 7) is 4.85. The smallest absolute Gasteiger partial charge is 0.253 e. The van der Waals surface area contributed by atoms with Crippen LogP contribution in [0.1, 0.15) is 46.2 Å². The Morgan fingerprint density at radius 2 is 2.11 bits per heavy atom. The first-order valence-corrected chi connectivity index (χ1v) is 9.27. The number of aryl methyl sites for hydroxylation is 1. The Morgan fingerprint density at radius 1 is 1.30 bits per heavy atom. The van der Waals surface area contributed by atoms with Gasteiger partial charge in [0, 0.05) is 55.8 Å². The van der Waals surface area contributed by atoms with E-state index in [0.29, 0.717) is 31.9 Å². The number of pyridine rings is 1. The van der Waals surface area contributed by atoms with Crippen LogP contribution in [0.25, 0.3) is 0 Å². The number of likely N-dealkylation sites (tertiary alicyclic amines) is 1. The molecule has 1 fully saturated rings. The highest BCUT2D eigenvalue weighted by Gasteiger charge is 2.28. The van der Waals surface area contributed by atoms with E-state index in [1.807, 2.05) is 18.0 Å². The van der Waals surface area contributed by atoms with Crippen LogP contribution in [0.5, 0.6) is 0 Å². The van der Waals surface area contributed by atoms with Crippen LogP contribution in [0.4, 0.5) is 0 Å². The van der Waals surface area contributed by atoms with E-state index in [2.05, 4.69) is 9.97 Å². The molecule has 3 rings (SSSR count). The molecule has 1 amide bonds. The number of carbonyl (C=O) groups excluding carboxylic acids is 1. The van der Waals surface area contributed by atoms with Gasteiger partial charge in [-0.05, 0) is 31.9 Å². The molecule has 0 aromatic carbocycles. The van der Waals surface area contributed by atoms with Crippen LogP contribution in [0.15, 0.2) is 30.7 Å². The van der Waals surface area contributed by atoms with E-state index in [1.54, 1.807) is 31.6 Å². The van der Waals surface area contributed by atoms with Gasteiger partial charge in [-0.25, -0.2) is 9.97 Å². The zero-order valence-electron chi connectivity index (χ0n) is 15.9. The maximum atomic E-state index is 12.8. The number of methoxy groups -OCH3 is 1. The fraction of sp³-hybridized carbons (Fsp3) is 0.500. The van der Waals surface area contributed by atoms with E-state index in [-0.39, 0.29) is 11.8 Å². The molecule has 0 aliphatic carbocycles. The fourth-order valence-electron chi connectivity index (χ4n) is 3.36. The highest BCUT2D eigenvalue weighted by Crippen LogP contribution is 2.29. The summed E-state index contributed by atoms with van der Waals surface area (Å²) < 4.78 is 10.7. The maximum absolute atomic E-state index is 12.8. The van der Waals surface area contributed by atoms with Crippen molar-refractivity contribution in [3.05, 3.63) is 53.4 Å². The van der Waals surface area contributed by atoms with Crippen LogP contribution in [-0.2, 0) is 16.1 Å². The highest BCUT2D eigenvalue weighted by molar-refractivity contribution is 5.94. The van der Waals surface area contributed by atoms with Crippen molar-refractivity contribution in [1.82, 2.24) is 19.9 Å². The summed E-state index contributed by atoms with van der Waals surface area (Å²) in [6, 6.07) is 3.52. The molecule has 2 aromatic heterocycles. The first-order valence-electron chi connectivity index (χ1n) is 9.27. The summed E-state index contributed by atoms with van der Waals surface area (Å²) in [6.07, 6.45) is 7.10. The van der Waals surface area contributed by atoms with Gasteiger partial charge >= 0.3 is 0 Å². The Labute approximate surface area is 159 Å². The van der Waals surface area contributed by atoms with E-state index in [1.165, 1.54) is 0 Å². The van der Waals surface area contributed by atoms with Crippen molar-refractivity contribution in [2.24, 2.45) is 0 Å². The van der Waals surface area contributed by atoms with E-state index in [0.717, 1.165) is 36.5 Å². The topological polar surface area (TPSA) is 77.4 Å². The molecular formula is C20H26N4O3. The largest absolute Gasteiger partial charge is 0.382 e. The predicted octanol–water partition coefficient (Wildman–Crippen LogP) is 2.36. The van der Waals surface area contributed by atoms with Crippen molar-refractivity contribution in [3.8, 4) is 0 Å². The first kappa shape index (κ1) is 19.4. The van der Waals surface area contributed by atoms with E-state index in [9.17, 15) is 4.79 Å². The minimum atomic E-state index is 0.0470. The van der Waals surface area contributed by atoms with Gasteiger partial charge in [-0.2, -0.15) is 0 Å². The summed E-state index contributed by atoms with van der Waals surface area (Å²) in [4.78, 5) is 27.7. The molecule has 0 radical (unpaired) electrons. The molecule has 0 saturated carbocycles. The highest BCUT2D eigenvalue weighted by atomic mass is 16.5. The second-order valence-electron chi connectivity index (χ2n) is 6.70. The molecule has 1 saturated heterocycles. The van der Waals surface area contributed by atoms with Gasteiger partial charge in [0.25, 0.3) is 5.91 Å². The zero-order chi connectivity index (χ0) is 19.1. The molecule has 0 spiro atoms. The Balaban J connectivity index is 1.73. The molecule has 0 N–H and O–H groups in total. The molecule has 27 heavy (non-hydrogen) atoms. The van der Waals surface area contributed by atoms with Gasteiger partial charge in [0.05, 0.1) is 25.5 Å². The van der Waals surface area contributed by atoms with Gasteiger partial charge in [-0.15, -0.1) is 0 Å². The molecule has 1 atom stereocenters. The van der Waals surface area contributed by atoms with Gasteiger partial charge in [-0.3, -0.25) is 9.78 Å². The van der Waals surface area contributed by atoms with Gasteiger partial charge in [0.2, 0.25) is 0 Å².